The fraction of sp³-hybridized carbons (Fsp3) is 1.00. The van der Waals surface area contributed by atoms with Crippen LogP contribution in [0.1, 0.15) is 27.7 Å². The van der Waals surface area contributed by atoms with Gasteiger partial charge >= 0.3 is 0 Å². The molecule has 10 heavy (non-hydrogen) atoms. The average molecular weight is 161 g/mol. The van der Waals surface area contributed by atoms with Gasteiger partial charge < -0.3 is 5.73 Å². The Morgan fingerprint density at radius 2 is 1.70 bits per heavy atom. The number of nitrogens with two attached hydrogens (primary N) is 1. The van der Waals surface area contributed by atoms with Gasteiger partial charge in [-0.3, -0.25) is 0 Å². The average Bonchev–Trinajstić information content (AvgIpc) is 1.81. The summed E-state index contributed by atoms with van der Waals surface area (Å²) in [7, 11) is 0.121. The van der Waals surface area contributed by atoms with Crippen LogP contribution in [0.25, 0.3) is 0 Å². The number of rotatable bonds is 4. The van der Waals surface area contributed by atoms with E-state index in [0.717, 1.165) is 17.9 Å². The molecule has 1 nitrogen and oxygen atoms in total. The van der Waals surface area contributed by atoms with Gasteiger partial charge in [-0.05, 0) is 17.7 Å². The fourth-order valence-electron chi connectivity index (χ4n) is 0.965. The maximum absolute atomic E-state index is 5.65. The van der Waals surface area contributed by atoms with Gasteiger partial charge in [0.25, 0.3) is 0 Å². The molecule has 0 spiro atoms. The standard InChI is InChI=1S/C8H20NP/c1-7(2)5-10(6-9)8(3)4/h7-8H,5-6,9H2,1-4H3. The van der Waals surface area contributed by atoms with Crippen molar-refractivity contribution in [2.75, 3.05) is 12.4 Å². The Labute approximate surface area is 66.1 Å². The summed E-state index contributed by atoms with van der Waals surface area (Å²) >= 11 is 0. The van der Waals surface area contributed by atoms with E-state index < -0.39 is 0 Å². The third-order valence-electron chi connectivity index (χ3n) is 1.56. The van der Waals surface area contributed by atoms with Crippen LogP contribution in [-0.2, 0) is 0 Å². The van der Waals surface area contributed by atoms with Crippen molar-refractivity contribution < 1.29 is 0 Å². The molecular weight excluding hydrogens is 141 g/mol. The van der Waals surface area contributed by atoms with E-state index in [2.05, 4.69) is 27.7 Å². The molecule has 1 unspecified atom stereocenters. The van der Waals surface area contributed by atoms with E-state index in [0.29, 0.717) is 0 Å². The van der Waals surface area contributed by atoms with Crippen LogP contribution in [0.5, 0.6) is 0 Å². The van der Waals surface area contributed by atoms with Crippen molar-refractivity contribution in [2.45, 2.75) is 33.4 Å². The third kappa shape index (κ3) is 4.24. The van der Waals surface area contributed by atoms with Crippen molar-refractivity contribution in [2.24, 2.45) is 11.7 Å². The van der Waals surface area contributed by atoms with Gasteiger partial charge in [-0.1, -0.05) is 35.6 Å². The summed E-state index contributed by atoms with van der Waals surface area (Å²) in [6.07, 6.45) is 2.24. The monoisotopic (exact) mass is 161 g/mol. The summed E-state index contributed by atoms with van der Waals surface area (Å²) in [6.45, 7) is 9.10. The SMILES string of the molecule is CC(C)CP(CN)C(C)C. The second-order valence-corrected chi connectivity index (χ2v) is 6.38. The van der Waals surface area contributed by atoms with E-state index in [1.807, 2.05) is 0 Å². The third-order valence-corrected chi connectivity index (χ3v) is 4.69. The maximum atomic E-state index is 5.65. The van der Waals surface area contributed by atoms with E-state index in [1.165, 1.54) is 6.16 Å². The minimum Gasteiger partial charge on any atom is -0.327 e. The van der Waals surface area contributed by atoms with Crippen LogP contribution >= 0.6 is 7.92 Å². The Bertz CT molecular complexity index is 81.3. The Morgan fingerprint density at radius 1 is 1.20 bits per heavy atom. The first-order valence-corrected chi connectivity index (χ1v) is 5.80. The molecule has 0 aliphatic heterocycles. The summed E-state index contributed by atoms with van der Waals surface area (Å²) < 4.78 is 0. The summed E-state index contributed by atoms with van der Waals surface area (Å²) in [5.41, 5.74) is 6.46. The number of hydrogen-bond acceptors (Lipinski definition) is 1. The van der Waals surface area contributed by atoms with Crippen LogP contribution in [0.3, 0.4) is 0 Å². The molecule has 0 aliphatic rings. The van der Waals surface area contributed by atoms with Crippen LogP contribution in [0.15, 0.2) is 0 Å². The highest BCUT2D eigenvalue weighted by molar-refractivity contribution is 7.58. The van der Waals surface area contributed by atoms with E-state index in [4.69, 9.17) is 5.73 Å². The highest BCUT2D eigenvalue weighted by Gasteiger charge is 2.11. The van der Waals surface area contributed by atoms with Gasteiger partial charge in [-0.2, -0.15) is 0 Å². The van der Waals surface area contributed by atoms with Crippen molar-refractivity contribution in [3.63, 3.8) is 0 Å². The summed E-state index contributed by atoms with van der Waals surface area (Å²) in [5, 5.41) is 0. The van der Waals surface area contributed by atoms with Gasteiger partial charge in [0.15, 0.2) is 0 Å². The largest absolute Gasteiger partial charge is 0.327 e. The van der Waals surface area contributed by atoms with Gasteiger partial charge in [0.2, 0.25) is 0 Å². The van der Waals surface area contributed by atoms with E-state index in [-0.39, 0.29) is 7.92 Å². The minimum absolute atomic E-state index is 0.121. The molecule has 0 radical (unpaired) electrons. The molecule has 0 amide bonds. The van der Waals surface area contributed by atoms with Crippen molar-refractivity contribution in [3.05, 3.63) is 0 Å². The highest BCUT2D eigenvalue weighted by atomic mass is 31.1. The first-order valence-electron chi connectivity index (χ1n) is 4.02. The Balaban J connectivity index is 3.60. The molecule has 62 valence electrons. The van der Waals surface area contributed by atoms with Crippen LogP contribution in [0, 0.1) is 5.92 Å². The summed E-state index contributed by atoms with van der Waals surface area (Å²) in [5.74, 6) is 0.817. The van der Waals surface area contributed by atoms with Gasteiger partial charge in [-0.25, -0.2) is 0 Å². The lowest BCUT2D eigenvalue weighted by molar-refractivity contribution is 0.739. The number of hydrogen-bond donors (Lipinski definition) is 1. The fourth-order valence-corrected chi connectivity index (χ4v) is 2.90. The zero-order valence-electron chi connectivity index (χ0n) is 7.59. The zero-order valence-corrected chi connectivity index (χ0v) is 8.49. The molecule has 0 saturated carbocycles. The van der Waals surface area contributed by atoms with Gasteiger partial charge in [0, 0.05) is 6.29 Å². The lowest BCUT2D eigenvalue weighted by atomic mass is 10.3. The zero-order chi connectivity index (χ0) is 8.15. The molecule has 2 N–H and O–H groups in total. The van der Waals surface area contributed by atoms with Gasteiger partial charge in [0.1, 0.15) is 0 Å². The molecule has 0 saturated heterocycles. The van der Waals surface area contributed by atoms with Crippen LogP contribution in [-0.4, -0.2) is 18.1 Å². The smallest absolute Gasteiger partial charge is 0.0130 e. The van der Waals surface area contributed by atoms with Gasteiger partial charge in [0.05, 0.1) is 0 Å². The minimum atomic E-state index is 0.121. The Morgan fingerprint density at radius 3 is 1.80 bits per heavy atom. The Hall–Kier alpha value is 0.390. The Kier molecular flexibility index (Phi) is 5.29. The van der Waals surface area contributed by atoms with Crippen LogP contribution in [0.2, 0.25) is 0 Å². The topological polar surface area (TPSA) is 26.0 Å². The molecule has 0 aromatic rings. The van der Waals surface area contributed by atoms with E-state index in [1.54, 1.807) is 0 Å². The first kappa shape index (κ1) is 10.4. The molecular formula is C8H20NP. The molecule has 0 aliphatic carbocycles. The highest BCUT2D eigenvalue weighted by Crippen LogP contribution is 2.40. The van der Waals surface area contributed by atoms with Crippen molar-refractivity contribution in [1.82, 2.24) is 0 Å². The second-order valence-electron chi connectivity index (χ2n) is 3.44. The molecule has 1 atom stereocenters. The van der Waals surface area contributed by atoms with Crippen LogP contribution < -0.4 is 5.73 Å². The maximum Gasteiger partial charge on any atom is 0.0130 e. The molecule has 0 bridgehead atoms. The van der Waals surface area contributed by atoms with Crippen molar-refractivity contribution in [3.8, 4) is 0 Å². The van der Waals surface area contributed by atoms with E-state index in [9.17, 15) is 0 Å². The van der Waals surface area contributed by atoms with Crippen molar-refractivity contribution in [1.29, 1.82) is 0 Å². The second kappa shape index (κ2) is 5.09. The molecule has 0 heterocycles. The lowest BCUT2D eigenvalue weighted by Gasteiger charge is -2.21. The normalized spacial score (nSPS) is 14.7. The van der Waals surface area contributed by atoms with E-state index >= 15 is 0 Å². The van der Waals surface area contributed by atoms with Gasteiger partial charge in [-0.15, -0.1) is 0 Å². The molecule has 0 aromatic carbocycles. The van der Waals surface area contributed by atoms with Crippen molar-refractivity contribution >= 4 is 7.92 Å². The molecule has 0 aromatic heterocycles. The predicted molar refractivity (Wildman–Crippen MR) is 50.8 cm³/mol. The predicted octanol–water partition coefficient (Wildman–Crippen LogP) is 2.45. The molecule has 0 fully saturated rings. The summed E-state index contributed by atoms with van der Waals surface area (Å²) in [6, 6.07) is 0. The first-order chi connectivity index (χ1) is 4.57. The molecule has 0 rings (SSSR count). The van der Waals surface area contributed by atoms with Crippen LogP contribution in [0.4, 0.5) is 0 Å². The molecule has 2 heteroatoms. The lowest BCUT2D eigenvalue weighted by Crippen LogP contribution is -2.10. The summed E-state index contributed by atoms with van der Waals surface area (Å²) in [4.78, 5) is 0. The quantitative estimate of drug-likeness (QED) is 0.630.